The maximum atomic E-state index is 12.8. The van der Waals surface area contributed by atoms with Gasteiger partial charge in [0.15, 0.2) is 0 Å². The number of nitrogens with one attached hydrogen (secondary N) is 1. The van der Waals surface area contributed by atoms with Crippen molar-refractivity contribution < 1.29 is 4.79 Å². The summed E-state index contributed by atoms with van der Waals surface area (Å²) in [5.74, 6) is 0.816. The maximum absolute atomic E-state index is 12.8. The van der Waals surface area contributed by atoms with Gasteiger partial charge in [0.2, 0.25) is 5.91 Å². The molecule has 132 valence electrons. The normalized spacial score (nSPS) is 21.8. The minimum Gasteiger partial charge on any atom is -0.310 e. The molecule has 0 aromatic carbocycles. The molecule has 1 aliphatic heterocycles. The topological polar surface area (TPSA) is 58.1 Å². The van der Waals surface area contributed by atoms with Crippen LogP contribution in [0.1, 0.15) is 54.3 Å². The summed E-state index contributed by atoms with van der Waals surface area (Å²) in [7, 11) is 0. The van der Waals surface area contributed by atoms with Crippen molar-refractivity contribution in [3.63, 3.8) is 0 Å². The highest BCUT2D eigenvalue weighted by Crippen LogP contribution is 2.36. The van der Waals surface area contributed by atoms with Gasteiger partial charge in [-0.3, -0.25) is 9.78 Å². The Labute approximate surface area is 152 Å². The molecule has 2 fully saturated rings. The molecule has 1 atom stereocenters. The number of hydrogen-bond acceptors (Lipinski definition) is 5. The van der Waals surface area contributed by atoms with Gasteiger partial charge >= 0.3 is 0 Å². The Morgan fingerprint density at radius 2 is 2.08 bits per heavy atom. The number of nitrogens with zero attached hydrogens (tertiary/aromatic N) is 3. The number of aromatic nitrogens is 2. The Bertz CT molecular complexity index is 711. The second-order valence-electron chi connectivity index (χ2n) is 6.92. The highest BCUT2D eigenvalue weighted by Gasteiger charge is 2.29. The smallest absolute Gasteiger partial charge is 0.244 e. The molecule has 0 bridgehead atoms. The molecule has 5 nitrogen and oxygen atoms in total. The van der Waals surface area contributed by atoms with Crippen LogP contribution in [0, 0.1) is 0 Å². The monoisotopic (exact) mass is 356 g/mol. The van der Waals surface area contributed by atoms with Crippen LogP contribution in [0.5, 0.6) is 0 Å². The van der Waals surface area contributed by atoms with Gasteiger partial charge < -0.3 is 10.2 Å². The summed E-state index contributed by atoms with van der Waals surface area (Å²) in [4.78, 5) is 24.6. The van der Waals surface area contributed by atoms with E-state index < -0.39 is 0 Å². The molecule has 3 heterocycles. The van der Waals surface area contributed by atoms with Crippen LogP contribution in [0.25, 0.3) is 0 Å². The first-order valence-electron chi connectivity index (χ1n) is 9.20. The Balaban J connectivity index is 1.36. The molecule has 2 aromatic heterocycles. The van der Waals surface area contributed by atoms with E-state index in [1.807, 2.05) is 34.6 Å². The molecule has 1 aliphatic carbocycles. The highest BCUT2D eigenvalue weighted by molar-refractivity contribution is 7.11. The van der Waals surface area contributed by atoms with E-state index in [9.17, 15) is 4.79 Å². The predicted molar refractivity (Wildman–Crippen MR) is 99.8 cm³/mol. The van der Waals surface area contributed by atoms with Crippen LogP contribution in [-0.4, -0.2) is 28.5 Å². The van der Waals surface area contributed by atoms with Gasteiger partial charge in [-0.2, -0.15) is 0 Å². The van der Waals surface area contributed by atoms with E-state index in [2.05, 4.69) is 15.3 Å². The summed E-state index contributed by atoms with van der Waals surface area (Å²) < 4.78 is 0. The summed E-state index contributed by atoms with van der Waals surface area (Å²) >= 11 is 1.81. The van der Waals surface area contributed by atoms with Gasteiger partial charge in [-0.15, -0.1) is 11.3 Å². The van der Waals surface area contributed by atoms with Gasteiger partial charge in [0.1, 0.15) is 0 Å². The zero-order valence-corrected chi connectivity index (χ0v) is 15.2. The molecule has 1 amide bonds. The molecule has 2 aliphatic rings. The summed E-state index contributed by atoms with van der Waals surface area (Å²) in [6.07, 6.45) is 12.6. The average Bonchev–Trinajstić information content (AvgIpc) is 3.33. The number of carbonyl (C=O) groups excluding carboxylic acids is 1. The number of rotatable bonds is 5. The van der Waals surface area contributed by atoms with Crippen molar-refractivity contribution in [1.29, 1.82) is 0 Å². The molecular formula is C19H24N4OS. The largest absolute Gasteiger partial charge is 0.310 e. The lowest BCUT2D eigenvalue weighted by molar-refractivity contribution is -0.121. The SMILES string of the molecule is O=C1[C@H](NCc2cnc(C3CCCC3)s2)CCCN1c1cccnc1. The van der Waals surface area contributed by atoms with Crippen molar-refractivity contribution >= 4 is 22.9 Å². The fraction of sp³-hybridized carbons (Fsp3) is 0.526. The number of hydrogen-bond donors (Lipinski definition) is 1. The van der Waals surface area contributed by atoms with Crippen LogP contribution in [-0.2, 0) is 11.3 Å². The fourth-order valence-electron chi connectivity index (χ4n) is 3.82. The first-order valence-corrected chi connectivity index (χ1v) is 10.0. The molecule has 4 rings (SSSR count). The van der Waals surface area contributed by atoms with Crippen LogP contribution < -0.4 is 10.2 Å². The molecule has 2 aromatic rings. The standard InChI is InChI=1S/C19H24N4OS/c24-19-17(8-4-10-23(19)15-7-3-9-20-11-15)21-12-16-13-22-18(25-16)14-5-1-2-6-14/h3,7,9,11,13-14,17,21H,1-2,4-6,8,10,12H2/t17-/m1/s1. The Morgan fingerprint density at radius 1 is 1.20 bits per heavy atom. The minimum absolute atomic E-state index is 0.119. The van der Waals surface area contributed by atoms with Crippen molar-refractivity contribution in [2.45, 2.75) is 57.0 Å². The zero-order chi connectivity index (χ0) is 17.1. The first kappa shape index (κ1) is 16.7. The summed E-state index contributed by atoms with van der Waals surface area (Å²) in [5.41, 5.74) is 0.889. The Hall–Kier alpha value is -1.79. The lowest BCUT2D eigenvalue weighted by atomic mass is 10.0. The predicted octanol–water partition coefficient (Wildman–Crippen LogP) is 3.48. The summed E-state index contributed by atoms with van der Waals surface area (Å²) in [6.45, 7) is 1.50. The molecule has 0 unspecified atom stereocenters. The number of thiazole rings is 1. The lowest BCUT2D eigenvalue weighted by Crippen LogP contribution is -2.50. The van der Waals surface area contributed by atoms with Gasteiger partial charge in [-0.25, -0.2) is 4.98 Å². The second kappa shape index (κ2) is 7.62. The van der Waals surface area contributed by atoms with E-state index in [4.69, 9.17) is 0 Å². The van der Waals surface area contributed by atoms with E-state index in [1.165, 1.54) is 35.6 Å². The van der Waals surface area contributed by atoms with E-state index in [-0.39, 0.29) is 11.9 Å². The van der Waals surface area contributed by atoms with Gasteiger partial charge in [-0.05, 0) is 37.8 Å². The van der Waals surface area contributed by atoms with E-state index in [0.717, 1.165) is 31.6 Å². The summed E-state index contributed by atoms with van der Waals surface area (Å²) in [6, 6.07) is 3.71. The third-order valence-corrected chi connectivity index (χ3v) is 6.35. The van der Waals surface area contributed by atoms with Crippen LogP contribution in [0.4, 0.5) is 5.69 Å². The van der Waals surface area contributed by atoms with Gasteiger partial charge in [-0.1, -0.05) is 12.8 Å². The second-order valence-corrected chi connectivity index (χ2v) is 8.07. The van der Waals surface area contributed by atoms with Crippen LogP contribution in [0.3, 0.4) is 0 Å². The van der Waals surface area contributed by atoms with Crippen molar-refractivity contribution in [3.05, 3.63) is 40.6 Å². The third kappa shape index (κ3) is 3.75. The molecule has 1 saturated heterocycles. The number of carbonyl (C=O) groups is 1. The van der Waals surface area contributed by atoms with Crippen molar-refractivity contribution in [3.8, 4) is 0 Å². The van der Waals surface area contributed by atoms with Crippen molar-refractivity contribution in [1.82, 2.24) is 15.3 Å². The maximum Gasteiger partial charge on any atom is 0.244 e. The number of pyridine rings is 1. The molecule has 25 heavy (non-hydrogen) atoms. The average molecular weight is 356 g/mol. The van der Waals surface area contributed by atoms with Gasteiger partial charge in [0.05, 0.1) is 22.9 Å². The molecule has 0 radical (unpaired) electrons. The van der Waals surface area contributed by atoms with Crippen LogP contribution in [0.2, 0.25) is 0 Å². The minimum atomic E-state index is -0.119. The van der Waals surface area contributed by atoms with E-state index in [0.29, 0.717) is 5.92 Å². The number of amides is 1. The van der Waals surface area contributed by atoms with Gasteiger partial charge in [0.25, 0.3) is 0 Å². The van der Waals surface area contributed by atoms with E-state index >= 15 is 0 Å². The van der Waals surface area contributed by atoms with Crippen LogP contribution in [0.15, 0.2) is 30.7 Å². The third-order valence-electron chi connectivity index (χ3n) is 5.19. The quantitative estimate of drug-likeness (QED) is 0.891. The lowest BCUT2D eigenvalue weighted by Gasteiger charge is -2.32. The molecular weight excluding hydrogens is 332 g/mol. The molecule has 1 saturated carbocycles. The first-order chi connectivity index (χ1) is 12.3. The molecule has 6 heteroatoms. The Kier molecular flexibility index (Phi) is 5.08. The summed E-state index contributed by atoms with van der Waals surface area (Å²) in [5, 5.41) is 4.73. The fourth-order valence-corrected chi connectivity index (χ4v) is 4.86. The molecule has 0 spiro atoms. The van der Waals surface area contributed by atoms with Gasteiger partial charge in [0, 0.05) is 36.3 Å². The molecule has 1 N–H and O–H groups in total. The number of anilines is 1. The van der Waals surface area contributed by atoms with Crippen molar-refractivity contribution in [2.24, 2.45) is 0 Å². The van der Waals surface area contributed by atoms with E-state index in [1.54, 1.807) is 12.4 Å². The highest BCUT2D eigenvalue weighted by atomic mass is 32.1. The number of piperidine rings is 1. The van der Waals surface area contributed by atoms with Crippen molar-refractivity contribution in [2.75, 3.05) is 11.4 Å². The zero-order valence-electron chi connectivity index (χ0n) is 14.4. The Morgan fingerprint density at radius 3 is 2.88 bits per heavy atom. The van der Waals surface area contributed by atoms with Crippen LogP contribution >= 0.6 is 11.3 Å².